The molecule has 1 nitrogen and oxygen atoms in total. The summed E-state index contributed by atoms with van der Waals surface area (Å²) >= 11 is 2.19. The van der Waals surface area contributed by atoms with Gasteiger partial charge in [0.1, 0.15) is 0 Å². The van der Waals surface area contributed by atoms with E-state index in [0.29, 0.717) is 11.3 Å². The molecule has 3 aromatic rings. The second-order valence-corrected chi connectivity index (χ2v) is 6.93. The Bertz CT molecular complexity index is 959. The summed E-state index contributed by atoms with van der Waals surface area (Å²) in [5.74, 6) is 0. The lowest BCUT2D eigenvalue weighted by atomic mass is 10.1. The molecule has 3 aromatic carbocycles. The van der Waals surface area contributed by atoms with Crippen molar-refractivity contribution in [3.05, 3.63) is 105 Å². The van der Waals surface area contributed by atoms with Gasteiger partial charge in [0.15, 0.2) is 0 Å². The van der Waals surface area contributed by atoms with Gasteiger partial charge in [-0.05, 0) is 58.5 Å². The number of alkyl halides is 3. The van der Waals surface area contributed by atoms with E-state index in [1.807, 2.05) is 66.7 Å². The zero-order valence-corrected chi connectivity index (χ0v) is 16.3. The molecule has 0 atom stereocenters. The van der Waals surface area contributed by atoms with Crippen molar-refractivity contribution in [3.8, 4) is 0 Å². The fourth-order valence-corrected chi connectivity index (χ4v) is 2.95. The lowest BCUT2D eigenvalue weighted by Gasteiger charge is -2.08. The standard InChI is InChI=1S/C22H15F3IN/c23-22(24,25)18-13-11-17(12-14-18)20(15-10-16-6-2-1-3-7-16)27-21-9-5-4-8-19(21)26/h1-15H/b15-10+,27-20?. The third kappa shape index (κ3) is 5.29. The van der Waals surface area contributed by atoms with Crippen LogP contribution >= 0.6 is 22.6 Å². The van der Waals surface area contributed by atoms with Crippen molar-refractivity contribution < 1.29 is 13.2 Å². The molecule has 3 rings (SSSR count). The highest BCUT2D eigenvalue weighted by atomic mass is 127. The molecule has 136 valence electrons. The van der Waals surface area contributed by atoms with Gasteiger partial charge in [-0.1, -0.05) is 60.7 Å². The molecule has 0 radical (unpaired) electrons. The van der Waals surface area contributed by atoms with Gasteiger partial charge in [0, 0.05) is 9.13 Å². The van der Waals surface area contributed by atoms with Gasteiger partial charge >= 0.3 is 6.18 Å². The van der Waals surface area contributed by atoms with Crippen LogP contribution in [0, 0.1) is 3.57 Å². The lowest BCUT2D eigenvalue weighted by Crippen LogP contribution is -2.05. The summed E-state index contributed by atoms with van der Waals surface area (Å²) in [5, 5.41) is 0. The quantitative estimate of drug-likeness (QED) is 0.280. The molecule has 5 heteroatoms. The van der Waals surface area contributed by atoms with Crippen LogP contribution in [-0.4, -0.2) is 5.71 Å². The Kier molecular flexibility index (Phi) is 6.11. The van der Waals surface area contributed by atoms with Gasteiger partial charge in [0.05, 0.1) is 17.0 Å². The average Bonchev–Trinajstić information content (AvgIpc) is 2.67. The molecular formula is C22H15F3IN. The Morgan fingerprint density at radius 2 is 1.44 bits per heavy atom. The van der Waals surface area contributed by atoms with Crippen molar-refractivity contribution in [1.82, 2.24) is 0 Å². The van der Waals surface area contributed by atoms with Crippen molar-refractivity contribution in [2.45, 2.75) is 6.18 Å². The maximum atomic E-state index is 12.8. The van der Waals surface area contributed by atoms with E-state index < -0.39 is 11.7 Å². The van der Waals surface area contributed by atoms with Crippen LogP contribution in [-0.2, 0) is 6.18 Å². The van der Waals surface area contributed by atoms with Crippen LogP contribution in [0.25, 0.3) is 6.08 Å². The predicted molar refractivity (Wildman–Crippen MR) is 112 cm³/mol. The summed E-state index contributed by atoms with van der Waals surface area (Å²) in [7, 11) is 0. The molecule has 27 heavy (non-hydrogen) atoms. The van der Waals surface area contributed by atoms with E-state index in [0.717, 1.165) is 27.0 Å². The predicted octanol–water partition coefficient (Wildman–Crippen LogP) is 7.14. The largest absolute Gasteiger partial charge is 0.416 e. The van der Waals surface area contributed by atoms with E-state index in [4.69, 9.17) is 0 Å². The summed E-state index contributed by atoms with van der Waals surface area (Å²) in [5.41, 5.74) is 2.30. The van der Waals surface area contributed by atoms with Crippen LogP contribution in [0.15, 0.2) is 89.9 Å². The van der Waals surface area contributed by atoms with Gasteiger partial charge in [0.2, 0.25) is 0 Å². The number of hydrogen-bond donors (Lipinski definition) is 0. The van der Waals surface area contributed by atoms with E-state index in [1.165, 1.54) is 12.1 Å². The first-order chi connectivity index (χ1) is 12.9. The zero-order valence-electron chi connectivity index (χ0n) is 14.1. The minimum Gasteiger partial charge on any atom is -0.247 e. The Hall–Kier alpha value is -2.41. The second-order valence-electron chi connectivity index (χ2n) is 5.77. The molecule has 0 aliphatic heterocycles. The molecule has 0 spiro atoms. The van der Waals surface area contributed by atoms with Crippen LogP contribution in [0.2, 0.25) is 0 Å². The molecular weight excluding hydrogens is 462 g/mol. The molecule has 0 fully saturated rings. The van der Waals surface area contributed by atoms with Crippen LogP contribution in [0.1, 0.15) is 16.7 Å². The van der Waals surface area contributed by atoms with Crippen LogP contribution < -0.4 is 0 Å². The monoisotopic (exact) mass is 477 g/mol. The highest BCUT2D eigenvalue weighted by molar-refractivity contribution is 14.1. The van der Waals surface area contributed by atoms with E-state index in [9.17, 15) is 13.2 Å². The maximum Gasteiger partial charge on any atom is 0.416 e. The van der Waals surface area contributed by atoms with Crippen LogP contribution in [0.5, 0.6) is 0 Å². The zero-order chi connectivity index (χ0) is 19.3. The number of halogens is 4. The summed E-state index contributed by atoms with van der Waals surface area (Å²) in [4.78, 5) is 4.68. The molecule has 0 N–H and O–H groups in total. The van der Waals surface area contributed by atoms with Gasteiger partial charge in [-0.15, -0.1) is 0 Å². The minimum atomic E-state index is -4.36. The molecule has 0 aromatic heterocycles. The number of rotatable bonds is 4. The highest BCUT2D eigenvalue weighted by Crippen LogP contribution is 2.29. The normalized spacial score (nSPS) is 12.5. The lowest BCUT2D eigenvalue weighted by molar-refractivity contribution is -0.137. The molecule has 0 amide bonds. The first kappa shape index (κ1) is 19.4. The Morgan fingerprint density at radius 3 is 2.07 bits per heavy atom. The summed E-state index contributed by atoms with van der Waals surface area (Å²) in [6, 6.07) is 22.4. The fourth-order valence-electron chi connectivity index (χ4n) is 2.44. The van der Waals surface area contributed by atoms with E-state index >= 15 is 0 Å². The molecule has 0 saturated carbocycles. The van der Waals surface area contributed by atoms with Crippen molar-refractivity contribution in [2.75, 3.05) is 0 Å². The highest BCUT2D eigenvalue weighted by Gasteiger charge is 2.30. The number of benzene rings is 3. The van der Waals surface area contributed by atoms with Gasteiger partial charge in [0.25, 0.3) is 0 Å². The van der Waals surface area contributed by atoms with Crippen molar-refractivity contribution in [2.24, 2.45) is 4.99 Å². The Balaban J connectivity index is 2.02. The first-order valence-corrected chi connectivity index (χ1v) is 9.25. The van der Waals surface area contributed by atoms with Crippen molar-refractivity contribution in [1.29, 1.82) is 0 Å². The fraction of sp³-hybridized carbons (Fsp3) is 0.0455. The SMILES string of the molecule is FC(F)(F)c1ccc(C(/C=C/c2ccccc2)=Nc2ccccc2I)cc1. The van der Waals surface area contributed by atoms with E-state index in [-0.39, 0.29) is 0 Å². The summed E-state index contributed by atoms with van der Waals surface area (Å²) in [6.07, 6.45) is -0.641. The van der Waals surface area contributed by atoms with Crippen molar-refractivity contribution in [3.63, 3.8) is 0 Å². The number of para-hydroxylation sites is 1. The van der Waals surface area contributed by atoms with Crippen LogP contribution in [0.4, 0.5) is 18.9 Å². The molecule has 0 heterocycles. The second kappa shape index (κ2) is 8.52. The Morgan fingerprint density at radius 1 is 0.815 bits per heavy atom. The third-order valence-corrected chi connectivity index (χ3v) is 4.75. The number of aliphatic imine (C=N–C) groups is 1. The topological polar surface area (TPSA) is 12.4 Å². The molecule has 0 bridgehead atoms. The molecule has 0 saturated heterocycles. The maximum absolute atomic E-state index is 12.8. The Labute approximate surface area is 169 Å². The number of allylic oxidation sites excluding steroid dienone is 1. The minimum absolute atomic E-state index is 0.594. The van der Waals surface area contributed by atoms with Gasteiger partial charge < -0.3 is 0 Å². The van der Waals surface area contributed by atoms with E-state index in [2.05, 4.69) is 27.6 Å². The summed E-state index contributed by atoms with van der Waals surface area (Å²) < 4.78 is 39.5. The van der Waals surface area contributed by atoms with Gasteiger partial charge in [-0.3, -0.25) is 0 Å². The average molecular weight is 477 g/mol. The van der Waals surface area contributed by atoms with Crippen LogP contribution in [0.3, 0.4) is 0 Å². The molecule has 0 aliphatic carbocycles. The van der Waals surface area contributed by atoms with Crippen molar-refractivity contribution >= 4 is 40.1 Å². The van der Waals surface area contributed by atoms with Gasteiger partial charge in [-0.25, -0.2) is 4.99 Å². The smallest absolute Gasteiger partial charge is 0.247 e. The molecule has 0 aliphatic rings. The number of hydrogen-bond acceptors (Lipinski definition) is 1. The van der Waals surface area contributed by atoms with E-state index in [1.54, 1.807) is 0 Å². The first-order valence-electron chi connectivity index (χ1n) is 8.17. The number of nitrogens with zero attached hydrogens (tertiary/aromatic N) is 1. The third-order valence-electron chi connectivity index (χ3n) is 3.83. The van der Waals surface area contributed by atoms with Gasteiger partial charge in [-0.2, -0.15) is 13.2 Å². The summed E-state index contributed by atoms with van der Waals surface area (Å²) in [6.45, 7) is 0. The molecule has 0 unspecified atom stereocenters.